The van der Waals surface area contributed by atoms with Crippen molar-refractivity contribution in [2.45, 2.75) is 149 Å². The second kappa shape index (κ2) is 22.1. The zero-order chi connectivity index (χ0) is 23.2. The van der Waals surface area contributed by atoms with Crippen molar-refractivity contribution in [2.24, 2.45) is 5.92 Å². The summed E-state index contributed by atoms with van der Waals surface area (Å²) in [5, 5.41) is 0. The zero-order valence-corrected chi connectivity index (χ0v) is 21.2. The molecular weight excluding hydrogens is 388 g/mol. The molecule has 0 aliphatic carbocycles. The van der Waals surface area contributed by atoms with E-state index in [2.05, 4.69) is 20.8 Å². The van der Waals surface area contributed by atoms with Crippen LogP contribution >= 0.6 is 0 Å². The van der Waals surface area contributed by atoms with E-state index in [1.807, 2.05) is 6.92 Å². The second-order valence-corrected chi connectivity index (χ2v) is 9.59. The summed E-state index contributed by atoms with van der Waals surface area (Å²) in [6.45, 7) is 8.96. The molecule has 31 heavy (non-hydrogen) atoms. The van der Waals surface area contributed by atoms with Gasteiger partial charge in [0.15, 0.2) is 0 Å². The van der Waals surface area contributed by atoms with Crippen LogP contribution in [0.3, 0.4) is 0 Å². The molecule has 0 aliphatic heterocycles. The highest BCUT2D eigenvalue weighted by molar-refractivity contribution is 5.77. The molecule has 0 aliphatic rings. The molecule has 1 unspecified atom stereocenters. The van der Waals surface area contributed by atoms with Crippen molar-refractivity contribution in [3.05, 3.63) is 0 Å². The Balaban J connectivity index is 3.36. The second-order valence-electron chi connectivity index (χ2n) is 9.59. The van der Waals surface area contributed by atoms with Crippen molar-refractivity contribution < 1.29 is 19.1 Å². The molecule has 0 aromatic rings. The minimum atomic E-state index is -0.301. The van der Waals surface area contributed by atoms with Gasteiger partial charge in [0.2, 0.25) is 0 Å². The molecule has 0 bridgehead atoms. The Bertz CT molecular complexity index is 419. The number of carbonyl (C=O) groups is 2. The van der Waals surface area contributed by atoms with Crippen molar-refractivity contribution in [1.29, 1.82) is 0 Å². The Hall–Kier alpha value is -1.06. The minimum Gasteiger partial charge on any atom is -0.466 e. The lowest BCUT2D eigenvalue weighted by Crippen LogP contribution is -2.17. The van der Waals surface area contributed by atoms with E-state index in [9.17, 15) is 9.59 Å². The Morgan fingerprint density at radius 3 is 1.55 bits per heavy atom. The van der Waals surface area contributed by atoms with E-state index in [-0.39, 0.29) is 30.9 Å². The molecule has 0 radical (unpaired) electrons. The Labute approximate surface area is 193 Å². The van der Waals surface area contributed by atoms with Gasteiger partial charge in [-0.25, -0.2) is 0 Å². The molecule has 4 nitrogen and oxygen atoms in total. The van der Waals surface area contributed by atoms with Gasteiger partial charge in [-0.15, -0.1) is 0 Å². The van der Waals surface area contributed by atoms with Gasteiger partial charge in [0.25, 0.3) is 0 Å². The average Bonchev–Trinajstić information content (AvgIpc) is 2.73. The number of hydrogen-bond acceptors (Lipinski definition) is 4. The first-order valence-electron chi connectivity index (χ1n) is 13.3. The maximum Gasteiger partial charge on any atom is 0.306 e. The molecule has 0 amide bonds. The third-order valence-corrected chi connectivity index (χ3v) is 5.78. The third kappa shape index (κ3) is 23.4. The topological polar surface area (TPSA) is 52.6 Å². The number of rotatable bonds is 22. The fourth-order valence-electron chi connectivity index (χ4n) is 3.67. The van der Waals surface area contributed by atoms with Crippen LogP contribution < -0.4 is 0 Å². The lowest BCUT2D eigenvalue weighted by atomic mass is 10.0. The van der Waals surface area contributed by atoms with Crippen molar-refractivity contribution in [3.63, 3.8) is 0 Å². The predicted molar refractivity (Wildman–Crippen MR) is 130 cm³/mol. The predicted octanol–water partition coefficient (Wildman–Crippen LogP) is 8.16. The van der Waals surface area contributed by atoms with Crippen LogP contribution in [-0.4, -0.2) is 24.6 Å². The highest BCUT2D eigenvalue weighted by Crippen LogP contribution is 2.13. The Kier molecular flexibility index (Phi) is 21.4. The fraction of sp³-hybridized carbons (Fsp3) is 0.926. The molecule has 0 fully saturated rings. The summed E-state index contributed by atoms with van der Waals surface area (Å²) in [5.41, 5.74) is 0. The van der Waals surface area contributed by atoms with Gasteiger partial charge in [-0.2, -0.15) is 0 Å². The number of esters is 2. The van der Waals surface area contributed by atoms with Crippen LogP contribution in [0.2, 0.25) is 0 Å². The maximum atomic E-state index is 11.8. The summed E-state index contributed by atoms with van der Waals surface area (Å²) >= 11 is 0. The lowest BCUT2D eigenvalue weighted by Gasteiger charge is -2.14. The van der Waals surface area contributed by atoms with Crippen molar-refractivity contribution >= 4 is 11.9 Å². The van der Waals surface area contributed by atoms with E-state index in [4.69, 9.17) is 9.47 Å². The van der Waals surface area contributed by atoms with Gasteiger partial charge in [-0.3, -0.25) is 9.59 Å². The van der Waals surface area contributed by atoms with Crippen LogP contribution in [0.25, 0.3) is 0 Å². The van der Waals surface area contributed by atoms with Crippen LogP contribution in [0.4, 0.5) is 0 Å². The molecule has 184 valence electrons. The molecule has 4 heteroatoms. The van der Waals surface area contributed by atoms with Gasteiger partial charge in [0, 0.05) is 0 Å². The zero-order valence-electron chi connectivity index (χ0n) is 21.2. The number of unbranched alkanes of at least 4 members (excludes halogenated alkanes) is 13. The van der Waals surface area contributed by atoms with E-state index >= 15 is 0 Å². The van der Waals surface area contributed by atoms with Crippen molar-refractivity contribution in [2.75, 3.05) is 6.61 Å². The van der Waals surface area contributed by atoms with Crippen LogP contribution in [0.15, 0.2) is 0 Å². The Morgan fingerprint density at radius 1 is 0.613 bits per heavy atom. The SMILES string of the molecule is CCCCCCCCCCCCCCCCOC(=O)CCC(=O)OC(C)CCC(C)C. The lowest BCUT2D eigenvalue weighted by molar-refractivity contribution is -0.153. The quantitative estimate of drug-likeness (QED) is 0.126. The molecule has 0 heterocycles. The van der Waals surface area contributed by atoms with Crippen LogP contribution in [0, 0.1) is 5.92 Å². The van der Waals surface area contributed by atoms with E-state index in [0.29, 0.717) is 12.5 Å². The van der Waals surface area contributed by atoms with Crippen molar-refractivity contribution in [1.82, 2.24) is 0 Å². The molecule has 0 rings (SSSR count). The average molecular weight is 441 g/mol. The van der Waals surface area contributed by atoms with Gasteiger partial charge in [-0.1, -0.05) is 104 Å². The van der Waals surface area contributed by atoms with Crippen LogP contribution in [0.5, 0.6) is 0 Å². The molecular formula is C27H52O4. The summed E-state index contributed by atoms with van der Waals surface area (Å²) in [6, 6.07) is 0. The largest absolute Gasteiger partial charge is 0.466 e. The van der Waals surface area contributed by atoms with E-state index < -0.39 is 0 Å². The third-order valence-electron chi connectivity index (χ3n) is 5.78. The first-order valence-corrected chi connectivity index (χ1v) is 13.3. The van der Waals surface area contributed by atoms with Gasteiger partial charge in [-0.05, 0) is 32.1 Å². The number of carbonyl (C=O) groups excluding carboxylic acids is 2. The van der Waals surface area contributed by atoms with Gasteiger partial charge in [0.05, 0.1) is 25.6 Å². The van der Waals surface area contributed by atoms with E-state index in [1.165, 1.54) is 77.0 Å². The standard InChI is InChI=1S/C27H52O4/c1-5-6-7-8-9-10-11-12-13-14-15-16-17-18-23-30-26(28)21-22-27(29)31-25(4)20-19-24(2)3/h24-25H,5-23H2,1-4H3. The molecule has 0 saturated carbocycles. The van der Waals surface area contributed by atoms with Gasteiger partial charge in [0.1, 0.15) is 0 Å². The molecule has 0 N–H and O–H groups in total. The van der Waals surface area contributed by atoms with Crippen LogP contribution in [0.1, 0.15) is 143 Å². The smallest absolute Gasteiger partial charge is 0.306 e. The highest BCUT2D eigenvalue weighted by Gasteiger charge is 2.13. The van der Waals surface area contributed by atoms with E-state index in [1.54, 1.807) is 0 Å². The van der Waals surface area contributed by atoms with E-state index in [0.717, 1.165) is 25.7 Å². The monoisotopic (exact) mass is 440 g/mol. The Morgan fingerprint density at radius 2 is 1.06 bits per heavy atom. The minimum absolute atomic E-state index is 0.0820. The highest BCUT2D eigenvalue weighted by atomic mass is 16.5. The first-order chi connectivity index (χ1) is 15.0. The number of hydrogen-bond donors (Lipinski definition) is 0. The fourth-order valence-corrected chi connectivity index (χ4v) is 3.67. The summed E-state index contributed by atoms with van der Waals surface area (Å²) in [6.07, 6.45) is 20.4. The molecule has 0 spiro atoms. The first kappa shape index (κ1) is 29.9. The molecule has 0 saturated heterocycles. The summed E-state index contributed by atoms with van der Waals surface area (Å²) in [5.74, 6) is 0.0113. The summed E-state index contributed by atoms with van der Waals surface area (Å²) in [7, 11) is 0. The number of ether oxygens (including phenoxy) is 2. The summed E-state index contributed by atoms with van der Waals surface area (Å²) < 4.78 is 10.6. The normalized spacial score (nSPS) is 12.2. The van der Waals surface area contributed by atoms with Crippen LogP contribution in [-0.2, 0) is 19.1 Å². The van der Waals surface area contributed by atoms with Crippen molar-refractivity contribution in [3.8, 4) is 0 Å². The summed E-state index contributed by atoms with van der Waals surface area (Å²) in [4.78, 5) is 23.5. The molecule has 0 aromatic carbocycles. The molecule has 1 atom stereocenters. The van der Waals surface area contributed by atoms with Gasteiger partial charge >= 0.3 is 11.9 Å². The van der Waals surface area contributed by atoms with Gasteiger partial charge < -0.3 is 9.47 Å². The maximum absolute atomic E-state index is 11.8. The molecule has 0 aromatic heterocycles.